The van der Waals surface area contributed by atoms with E-state index < -0.39 is 23.9 Å². The molecule has 1 aromatic carbocycles. The van der Waals surface area contributed by atoms with Crippen LogP contribution in [0, 0.1) is 11.7 Å². The van der Waals surface area contributed by atoms with Gasteiger partial charge in [-0.2, -0.15) is 0 Å². The first kappa shape index (κ1) is 16.7. The Balaban J connectivity index is 2.79. The van der Waals surface area contributed by atoms with Crippen molar-refractivity contribution in [3.05, 3.63) is 24.0 Å². The van der Waals surface area contributed by atoms with Gasteiger partial charge in [-0.15, -0.1) is 0 Å². The molecule has 0 spiro atoms. The molecular weight excluding hydrogens is 279 g/mol. The Morgan fingerprint density at radius 3 is 2.62 bits per heavy atom. The predicted octanol–water partition coefficient (Wildman–Crippen LogP) is 2.46. The molecule has 21 heavy (non-hydrogen) atoms. The molecule has 0 heterocycles. The Morgan fingerprint density at radius 1 is 1.43 bits per heavy atom. The molecule has 0 aromatic heterocycles. The Bertz CT molecular complexity index is 522. The maximum Gasteiger partial charge on any atom is 0.326 e. The van der Waals surface area contributed by atoms with E-state index >= 15 is 0 Å². The van der Waals surface area contributed by atoms with Crippen LogP contribution in [-0.4, -0.2) is 30.3 Å². The van der Waals surface area contributed by atoms with Crippen molar-refractivity contribution >= 4 is 17.7 Å². The highest BCUT2D eigenvalue weighted by molar-refractivity contribution is 5.92. The van der Waals surface area contributed by atoms with Gasteiger partial charge in [0.1, 0.15) is 17.6 Å². The van der Waals surface area contributed by atoms with E-state index in [0.29, 0.717) is 12.2 Å². The fourth-order valence-electron chi connectivity index (χ4n) is 1.71. The summed E-state index contributed by atoms with van der Waals surface area (Å²) in [5.41, 5.74) is -0.0832. The van der Waals surface area contributed by atoms with Crippen LogP contribution in [0.2, 0.25) is 0 Å². The minimum atomic E-state index is -1.13. The number of ether oxygens (including phenoxy) is 1. The van der Waals surface area contributed by atoms with Gasteiger partial charge in [0.05, 0.1) is 12.8 Å². The van der Waals surface area contributed by atoms with Gasteiger partial charge in [0.25, 0.3) is 0 Å². The molecule has 0 unspecified atom stereocenters. The number of hydrogen-bond donors (Lipinski definition) is 3. The topological polar surface area (TPSA) is 87.7 Å². The number of rotatable bonds is 6. The number of urea groups is 1. The zero-order chi connectivity index (χ0) is 16.0. The Morgan fingerprint density at radius 2 is 2.10 bits per heavy atom. The van der Waals surface area contributed by atoms with Crippen LogP contribution in [0.1, 0.15) is 20.3 Å². The molecule has 6 nitrogen and oxygen atoms in total. The molecule has 0 aliphatic heterocycles. The third-order valence-electron chi connectivity index (χ3n) is 3.19. The maximum atomic E-state index is 13.6. The molecule has 0 fully saturated rings. The van der Waals surface area contributed by atoms with E-state index in [1.165, 1.54) is 19.2 Å². The number of carbonyl (C=O) groups is 2. The van der Waals surface area contributed by atoms with Crippen molar-refractivity contribution in [3.8, 4) is 5.75 Å². The zero-order valence-corrected chi connectivity index (χ0v) is 12.1. The third-order valence-corrected chi connectivity index (χ3v) is 3.19. The molecule has 0 bridgehead atoms. The quantitative estimate of drug-likeness (QED) is 0.752. The lowest BCUT2D eigenvalue weighted by Crippen LogP contribution is -2.46. The Kier molecular flexibility index (Phi) is 5.95. The Labute approximate surface area is 122 Å². The molecule has 7 heteroatoms. The van der Waals surface area contributed by atoms with Gasteiger partial charge in [-0.25, -0.2) is 14.0 Å². The number of aliphatic carboxylic acids is 1. The van der Waals surface area contributed by atoms with E-state index in [1.54, 1.807) is 6.92 Å². The SMILES string of the molecule is CC[C@H](C)[C@H](NC(=O)Nc1cc(OC)ccc1F)C(=O)O. The van der Waals surface area contributed by atoms with E-state index in [-0.39, 0.29) is 11.6 Å². The monoisotopic (exact) mass is 298 g/mol. The van der Waals surface area contributed by atoms with Crippen LogP contribution in [0.4, 0.5) is 14.9 Å². The van der Waals surface area contributed by atoms with Gasteiger partial charge >= 0.3 is 12.0 Å². The molecule has 0 aliphatic carbocycles. The summed E-state index contributed by atoms with van der Waals surface area (Å²) in [6.07, 6.45) is 0.588. The smallest absolute Gasteiger partial charge is 0.326 e. The fourth-order valence-corrected chi connectivity index (χ4v) is 1.71. The van der Waals surface area contributed by atoms with Crippen LogP contribution in [0.15, 0.2) is 18.2 Å². The first-order chi connectivity index (χ1) is 9.88. The number of anilines is 1. The largest absolute Gasteiger partial charge is 0.497 e. The van der Waals surface area contributed by atoms with Crippen LogP contribution >= 0.6 is 0 Å². The molecule has 3 N–H and O–H groups in total. The number of hydrogen-bond acceptors (Lipinski definition) is 3. The number of carbonyl (C=O) groups excluding carboxylic acids is 1. The van der Waals surface area contributed by atoms with Crippen molar-refractivity contribution in [1.82, 2.24) is 5.32 Å². The van der Waals surface area contributed by atoms with Crippen molar-refractivity contribution in [2.45, 2.75) is 26.3 Å². The second kappa shape index (κ2) is 7.47. The van der Waals surface area contributed by atoms with Crippen molar-refractivity contribution < 1.29 is 23.8 Å². The summed E-state index contributed by atoms with van der Waals surface area (Å²) >= 11 is 0. The van der Waals surface area contributed by atoms with Crippen LogP contribution in [0.25, 0.3) is 0 Å². The van der Waals surface area contributed by atoms with Gasteiger partial charge in [-0.05, 0) is 18.1 Å². The predicted molar refractivity (Wildman–Crippen MR) is 76.0 cm³/mol. The van der Waals surface area contributed by atoms with Gasteiger partial charge in [-0.3, -0.25) is 0 Å². The van der Waals surface area contributed by atoms with Crippen LogP contribution < -0.4 is 15.4 Å². The number of halogens is 1. The molecule has 116 valence electrons. The van der Waals surface area contributed by atoms with Gasteiger partial charge in [-0.1, -0.05) is 20.3 Å². The van der Waals surface area contributed by atoms with Crippen LogP contribution in [0.3, 0.4) is 0 Å². The molecule has 0 saturated heterocycles. The minimum absolute atomic E-state index is 0.0832. The highest BCUT2D eigenvalue weighted by Crippen LogP contribution is 2.21. The van der Waals surface area contributed by atoms with E-state index in [4.69, 9.17) is 9.84 Å². The molecular formula is C14H19FN2O4. The minimum Gasteiger partial charge on any atom is -0.497 e. The van der Waals surface area contributed by atoms with E-state index in [2.05, 4.69) is 10.6 Å². The second-order valence-corrected chi connectivity index (χ2v) is 4.65. The van der Waals surface area contributed by atoms with Crippen molar-refractivity contribution in [2.75, 3.05) is 12.4 Å². The zero-order valence-electron chi connectivity index (χ0n) is 12.1. The molecule has 0 radical (unpaired) electrons. The summed E-state index contributed by atoms with van der Waals surface area (Å²) in [5, 5.41) is 13.7. The van der Waals surface area contributed by atoms with Gasteiger partial charge in [0.2, 0.25) is 0 Å². The first-order valence-corrected chi connectivity index (χ1v) is 6.52. The number of amides is 2. The number of carboxylic acid groups (broad SMARTS) is 1. The number of nitrogens with one attached hydrogen (secondary N) is 2. The summed E-state index contributed by atoms with van der Waals surface area (Å²) in [5.74, 6) is -1.64. The summed E-state index contributed by atoms with van der Waals surface area (Å²) in [6, 6.07) is 2.06. The lowest BCUT2D eigenvalue weighted by molar-refractivity contribution is -0.140. The molecule has 0 aliphatic rings. The maximum absolute atomic E-state index is 13.6. The standard InChI is InChI=1S/C14H19FN2O4/c1-4-8(2)12(13(18)19)17-14(20)16-11-7-9(21-3)5-6-10(11)15/h5-8,12H,4H2,1-3H3,(H,18,19)(H2,16,17,20)/t8-,12-/m0/s1. The summed E-state index contributed by atoms with van der Waals surface area (Å²) in [6.45, 7) is 3.53. The number of carboxylic acids is 1. The number of benzene rings is 1. The van der Waals surface area contributed by atoms with Crippen molar-refractivity contribution in [3.63, 3.8) is 0 Å². The van der Waals surface area contributed by atoms with Gasteiger partial charge in [0, 0.05) is 6.07 Å². The van der Waals surface area contributed by atoms with Gasteiger partial charge < -0.3 is 20.5 Å². The van der Waals surface area contributed by atoms with Crippen molar-refractivity contribution in [1.29, 1.82) is 0 Å². The van der Waals surface area contributed by atoms with Crippen LogP contribution in [0.5, 0.6) is 5.75 Å². The van der Waals surface area contributed by atoms with Crippen LogP contribution in [-0.2, 0) is 4.79 Å². The average molecular weight is 298 g/mol. The second-order valence-electron chi connectivity index (χ2n) is 4.65. The summed E-state index contributed by atoms with van der Waals surface area (Å²) in [7, 11) is 1.42. The van der Waals surface area contributed by atoms with E-state index in [0.717, 1.165) is 6.07 Å². The molecule has 0 saturated carbocycles. The Hall–Kier alpha value is -2.31. The highest BCUT2D eigenvalue weighted by Gasteiger charge is 2.25. The molecule has 2 amide bonds. The number of methoxy groups -OCH3 is 1. The molecule has 1 rings (SSSR count). The molecule has 1 aromatic rings. The lowest BCUT2D eigenvalue weighted by atomic mass is 9.99. The summed E-state index contributed by atoms with van der Waals surface area (Å²) in [4.78, 5) is 22.9. The highest BCUT2D eigenvalue weighted by atomic mass is 19.1. The first-order valence-electron chi connectivity index (χ1n) is 6.52. The fraction of sp³-hybridized carbons (Fsp3) is 0.429. The van der Waals surface area contributed by atoms with Crippen molar-refractivity contribution in [2.24, 2.45) is 5.92 Å². The third kappa shape index (κ3) is 4.62. The van der Waals surface area contributed by atoms with E-state index in [1.807, 2.05) is 6.92 Å². The summed E-state index contributed by atoms with van der Waals surface area (Å²) < 4.78 is 18.5. The molecule has 2 atom stereocenters. The van der Waals surface area contributed by atoms with E-state index in [9.17, 15) is 14.0 Å². The lowest BCUT2D eigenvalue weighted by Gasteiger charge is -2.20. The normalized spacial score (nSPS) is 13.1. The average Bonchev–Trinajstić information content (AvgIpc) is 2.46. The van der Waals surface area contributed by atoms with Gasteiger partial charge in [0.15, 0.2) is 0 Å².